The monoisotopic (exact) mass is 343 g/mol. The molecule has 0 saturated carbocycles. The van der Waals surface area contributed by atoms with E-state index in [1.165, 1.54) is 12.7 Å². The number of hydrogen-bond acceptors (Lipinski definition) is 3. The Morgan fingerprint density at radius 1 is 1.16 bits per heavy atom. The maximum atomic E-state index is 12.6. The van der Waals surface area contributed by atoms with Crippen molar-refractivity contribution >= 4 is 11.8 Å². The lowest BCUT2D eigenvalue weighted by molar-refractivity contribution is -0.683. The number of ketones is 1. The lowest BCUT2D eigenvalue weighted by atomic mass is 9.95. The topological polar surface area (TPSA) is 63.0 Å². The number of nitrogens with one attached hydrogen (secondary N) is 1. The Balaban J connectivity index is 2.19. The highest BCUT2D eigenvalue weighted by molar-refractivity contribution is 6.00. The normalized spacial score (nSPS) is 11.0. The van der Waals surface area contributed by atoms with Crippen molar-refractivity contribution in [2.75, 3.05) is 7.11 Å². The Hall–Kier alpha value is -2.43. The molecule has 0 fully saturated rings. The number of methoxy groups -OCH3 is 1. The van der Waals surface area contributed by atoms with E-state index in [9.17, 15) is 9.59 Å². The third kappa shape index (κ3) is 3.98. The number of aromatic amines is 1. The van der Waals surface area contributed by atoms with Gasteiger partial charge in [0.25, 0.3) is 0 Å². The summed E-state index contributed by atoms with van der Waals surface area (Å²) in [5, 5.41) is 0. The molecule has 0 amide bonds. The Kier molecular flexibility index (Phi) is 6.12. The van der Waals surface area contributed by atoms with Gasteiger partial charge >= 0.3 is 5.97 Å². The molecule has 0 aliphatic carbocycles. The van der Waals surface area contributed by atoms with E-state index >= 15 is 0 Å². The van der Waals surface area contributed by atoms with Crippen LogP contribution in [0.4, 0.5) is 0 Å². The van der Waals surface area contributed by atoms with Crippen LogP contribution in [0.2, 0.25) is 0 Å². The molecule has 2 rings (SSSR count). The molecule has 5 nitrogen and oxygen atoms in total. The molecule has 0 atom stereocenters. The number of ether oxygens (including phenoxy) is 1. The van der Waals surface area contributed by atoms with Gasteiger partial charge in [0.15, 0.2) is 12.4 Å². The number of hydrogen-bond donors (Lipinski definition) is 1. The summed E-state index contributed by atoms with van der Waals surface area (Å²) < 4.78 is 6.65. The lowest BCUT2D eigenvalue weighted by Gasteiger charge is -2.11. The predicted molar refractivity (Wildman–Crippen MR) is 95.9 cm³/mol. The third-order valence-corrected chi connectivity index (χ3v) is 4.81. The van der Waals surface area contributed by atoms with Crippen molar-refractivity contribution in [2.45, 2.75) is 53.0 Å². The molecule has 0 bridgehead atoms. The van der Waals surface area contributed by atoms with Gasteiger partial charge in [-0.3, -0.25) is 4.79 Å². The quantitative estimate of drug-likeness (QED) is 0.475. The van der Waals surface area contributed by atoms with Crippen LogP contribution in [0.5, 0.6) is 0 Å². The number of nitrogens with zero attached hydrogens (tertiary/aromatic N) is 1. The molecular weight excluding hydrogens is 316 g/mol. The van der Waals surface area contributed by atoms with Gasteiger partial charge in [-0.05, 0) is 43.7 Å². The number of rotatable bonds is 7. The van der Waals surface area contributed by atoms with Crippen LogP contribution in [-0.4, -0.2) is 23.8 Å². The van der Waals surface area contributed by atoms with E-state index in [1.54, 1.807) is 13.8 Å². The second-order valence-corrected chi connectivity index (χ2v) is 6.36. The standard InChI is InChI=1S/C20H26N2O3/c1-6-15(7-2)16-8-10-22(11-9-16)12-17(23)19-13(3)18(14(4)21-19)20(24)25-5/h8-11,15H,6-7,12H2,1-5H3/p+1. The number of aromatic nitrogens is 2. The fourth-order valence-electron chi connectivity index (χ4n) is 3.29. The van der Waals surface area contributed by atoms with Gasteiger partial charge in [-0.25, -0.2) is 4.79 Å². The van der Waals surface area contributed by atoms with Crippen molar-refractivity contribution in [1.29, 1.82) is 0 Å². The van der Waals surface area contributed by atoms with E-state index in [0.717, 1.165) is 12.8 Å². The summed E-state index contributed by atoms with van der Waals surface area (Å²) in [7, 11) is 1.34. The van der Waals surface area contributed by atoms with E-state index in [-0.39, 0.29) is 12.3 Å². The van der Waals surface area contributed by atoms with Crippen LogP contribution in [-0.2, 0) is 11.3 Å². The average molecular weight is 343 g/mol. The van der Waals surface area contributed by atoms with Crippen molar-refractivity contribution in [2.24, 2.45) is 0 Å². The minimum atomic E-state index is -0.424. The first-order valence-electron chi connectivity index (χ1n) is 8.72. The Morgan fingerprint density at radius 2 is 1.76 bits per heavy atom. The maximum absolute atomic E-state index is 12.6. The van der Waals surface area contributed by atoms with Crippen LogP contribution in [0.25, 0.3) is 0 Å². The third-order valence-electron chi connectivity index (χ3n) is 4.81. The van der Waals surface area contributed by atoms with E-state index < -0.39 is 5.97 Å². The van der Waals surface area contributed by atoms with E-state index in [4.69, 9.17) is 4.74 Å². The van der Waals surface area contributed by atoms with Gasteiger partial charge in [0.2, 0.25) is 12.3 Å². The molecule has 0 unspecified atom stereocenters. The summed E-state index contributed by atoms with van der Waals surface area (Å²) in [6.45, 7) is 8.14. The maximum Gasteiger partial charge on any atom is 0.339 e. The molecule has 0 aliphatic heterocycles. The molecule has 0 aliphatic rings. The second kappa shape index (κ2) is 8.10. The van der Waals surface area contributed by atoms with Gasteiger partial charge in [0.05, 0.1) is 18.4 Å². The molecule has 0 saturated heterocycles. The number of aryl methyl sites for hydroxylation is 1. The molecule has 2 heterocycles. The molecule has 0 aromatic carbocycles. The largest absolute Gasteiger partial charge is 0.465 e. The first kappa shape index (κ1) is 18.9. The molecule has 134 valence electrons. The highest BCUT2D eigenvalue weighted by atomic mass is 16.5. The molecule has 0 radical (unpaired) electrons. The zero-order chi connectivity index (χ0) is 18.6. The van der Waals surface area contributed by atoms with Gasteiger partial charge < -0.3 is 9.72 Å². The zero-order valence-corrected chi connectivity index (χ0v) is 15.7. The van der Waals surface area contributed by atoms with Crippen molar-refractivity contribution in [3.05, 3.63) is 52.6 Å². The summed E-state index contributed by atoms with van der Waals surface area (Å²) in [5.41, 5.74) is 3.51. The van der Waals surface area contributed by atoms with Gasteiger partial charge in [0.1, 0.15) is 0 Å². The Bertz CT molecular complexity index is 756. The zero-order valence-electron chi connectivity index (χ0n) is 15.7. The molecular formula is C20H27N2O3+. The SMILES string of the molecule is CCC(CC)c1cc[n+](CC(=O)c2[nH]c(C)c(C(=O)OC)c2C)cc1. The number of pyridine rings is 1. The van der Waals surface area contributed by atoms with Crippen LogP contribution in [0.15, 0.2) is 24.5 Å². The van der Waals surface area contributed by atoms with E-state index in [0.29, 0.717) is 28.4 Å². The number of esters is 1. The van der Waals surface area contributed by atoms with Crippen molar-refractivity contribution in [3.8, 4) is 0 Å². The number of carbonyl (C=O) groups is 2. The van der Waals surface area contributed by atoms with E-state index in [2.05, 4.69) is 31.0 Å². The molecule has 5 heteroatoms. The molecule has 2 aromatic rings. The van der Waals surface area contributed by atoms with Crippen molar-refractivity contribution in [1.82, 2.24) is 4.98 Å². The van der Waals surface area contributed by atoms with Crippen LogP contribution in [0.3, 0.4) is 0 Å². The first-order valence-corrected chi connectivity index (χ1v) is 8.72. The van der Waals surface area contributed by atoms with Gasteiger partial charge in [-0.15, -0.1) is 0 Å². The fourth-order valence-corrected chi connectivity index (χ4v) is 3.29. The molecule has 1 N–H and O–H groups in total. The van der Waals surface area contributed by atoms with E-state index in [1.807, 2.05) is 17.0 Å². The van der Waals surface area contributed by atoms with Crippen LogP contribution >= 0.6 is 0 Å². The molecule has 0 spiro atoms. The minimum Gasteiger partial charge on any atom is -0.465 e. The minimum absolute atomic E-state index is 0.0592. The van der Waals surface area contributed by atoms with Crippen LogP contribution in [0, 0.1) is 13.8 Å². The summed E-state index contributed by atoms with van der Waals surface area (Å²) in [6.07, 6.45) is 6.10. The highest BCUT2D eigenvalue weighted by Gasteiger charge is 2.24. The Labute approximate surface area is 149 Å². The predicted octanol–water partition coefficient (Wildman–Crippen LogP) is 3.49. The number of H-pyrrole nitrogens is 1. The average Bonchev–Trinajstić information content (AvgIpc) is 2.91. The van der Waals surface area contributed by atoms with Gasteiger partial charge in [-0.1, -0.05) is 13.8 Å². The van der Waals surface area contributed by atoms with Crippen molar-refractivity contribution in [3.63, 3.8) is 0 Å². The van der Waals surface area contributed by atoms with Gasteiger partial charge in [-0.2, -0.15) is 4.57 Å². The number of Topliss-reactive ketones (excluding diaryl/α,β-unsaturated/α-hetero) is 1. The van der Waals surface area contributed by atoms with Crippen molar-refractivity contribution < 1.29 is 18.9 Å². The van der Waals surface area contributed by atoms with Crippen LogP contribution in [0.1, 0.15) is 70.3 Å². The molecule has 25 heavy (non-hydrogen) atoms. The highest BCUT2D eigenvalue weighted by Crippen LogP contribution is 2.22. The van der Waals surface area contributed by atoms with Crippen LogP contribution < -0.4 is 4.57 Å². The lowest BCUT2D eigenvalue weighted by Crippen LogP contribution is -2.37. The Morgan fingerprint density at radius 3 is 2.28 bits per heavy atom. The number of carbonyl (C=O) groups excluding carboxylic acids is 2. The van der Waals surface area contributed by atoms with Gasteiger partial charge in [0, 0.05) is 17.8 Å². The smallest absolute Gasteiger partial charge is 0.339 e. The fraction of sp³-hybridized carbons (Fsp3) is 0.450. The summed E-state index contributed by atoms with van der Waals surface area (Å²) in [6, 6.07) is 4.16. The summed E-state index contributed by atoms with van der Waals surface area (Å²) in [4.78, 5) is 27.5. The second-order valence-electron chi connectivity index (χ2n) is 6.36. The summed E-state index contributed by atoms with van der Waals surface area (Å²) >= 11 is 0. The first-order chi connectivity index (χ1) is 11.9. The summed E-state index contributed by atoms with van der Waals surface area (Å²) in [5.74, 6) is 0.0739. The molecule has 2 aromatic heterocycles.